The van der Waals surface area contributed by atoms with Gasteiger partial charge in [0.25, 0.3) is 5.91 Å². The Labute approximate surface area is 143 Å². The molecule has 126 valence electrons. The van der Waals surface area contributed by atoms with E-state index in [1.807, 2.05) is 13.8 Å². The van der Waals surface area contributed by atoms with Gasteiger partial charge in [-0.15, -0.1) is 0 Å². The molecular formula is C16H22BrN3O3. The normalized spacial score (nSPS) is 12.8. The Balaban J connectivity index is 2.39. The zero-order valence-electron chi connectivity index (χ0n) is 13.8. The average molecular weight is 384 g/mol. The Hall–Kier alpha value is -1.60. The molecule has 0 unspecified atom stereocenters. The van der Waals surface area contributed by atoms with E-state index in [-0.39, 0.29) is 24.2 Å². The minimum Gasteiger partial charge on any atom is -0.394 e. The molecule has 1 aromatic carbocycles. The quantitative estimate of drug-likeness (QED) is 0.825. The molecule has 0 spiro atoms. The summed E-state index contributed by atoms with van der Waals surface area (Å²) in [5.74, 6) is 0.100. The Morgan fingerprint density at radius 1 is 1.26 bits per heavy atom. The largest absolute Gasteiger partial charge is 0.394 e. The zero-order valence-corrected chi connectivity index (χ0v) is 15.3. The van der Waals surface area contributed by atoms with Crippen LogP contribution in [-0.4, -0.2) is 32.8 Å². The molecule has 0 aliphatic heterocycles. The molecule has 0 aliphatic carbocycles. The van der Waals surface area contributed by atoms with E-state index in [2.05, 4.69) is 21.2 Å². The van der Waals surface area contributed by atoms with Gasteiger partial charge >= 0.3 is 5.69 Å². The van der Waals surface area contributed by atoms with Crippen molar-refractivity contribution in [3.63, 3.8) is 0 Å². The van der Waals surface area contributed by atoms with Gasteiger partial charge in [-0.05, 0) is 40.4 Å². The molecule has 0 bridgehead atoms. The van der Waals surface area contributed by atoms with Crippen molar-refractivity contribution < 1.29 is 9.90 Å². The third-order valence-corrected chi connectivity index (χ3v) is 4.57. The van der Waals surface area contributed by atoms with Gasteiger partial charge in [-0.3, -0.25) is 13.9 Å². The molecular weight excluding hydrogens is 362 g/mol. The molecule has 1 aromatic heterocycles. The van der Waals surface area contributed by atoms with Crippen LogP contribution in [0.5, 0.6) is 0 Å². The number of rotatable bonds is 5. The number of benzene rings is 1. The van der Waals surface area contributed by atoms with Crippen LogP contribution in [0.2, 0.25) is 0 Å². The van der Waals surface area contributed by atoms with Gasteiger partial charge in [0.15, 0.2) is 0 Å². The molecule has 1 heterocycles. The molecule has 2 N–H and O–H groups in total. The number of amides is 1. The molecule has 0 saturated heterocycles. The topological polar surface area (TPSA) is 76.3 Å². The average Bonchev–Trinajstić information content (AvgIpc) is 2.69. The summed E-state index contributed by atoms with van der Waals surface area (Å²) in [6.07, 6.45) is 0.700. The lowest BCUT2D eigenvalue weighted by molar-refractivity contribution is 0.0907. The minimum absolute atomic E-state index is 0.104. The highest BCUT2D eigenvalue weighted by atomic mass is 79.9. The maximum atomic E-state index is 12.5. The third kappa shape index (κ3) is 3.50. The van der Waals surface area contributed by atoms with Crippen LogP contribution in [0.15, 0.2) is 21.4 Å². The number of carbonyl (C=O) groups is 1. The number of halogens is 1. The number of fused-ring (bicyclic) bond motifs is 1. The zero-order chi connectivity index (χ0) is 17.3. The summed E-state index contributed by atoms with van der Waals surface area (Å²) in [6, 6.07) is 3.17. The summed E-state index contributed by atoms with van der Waals surface area (Å²) >= 11 is 3.40. The predicted molar refractivity (Wildman–Crippen MR) is 93.7 cm³/mol. The second-order valence-corrected chi connectivity index (χ2v) is 7.06. The standard InChI is InChI=1S/C16H22BrN3O3/c1-9(2)5-10(8-21)18-15(22)11-6-13-14(7-12(11)17)20(4)16(23)19(13)3/h6-7,9-10,21H,5,8H2,1-4H3,(H,18,22)/t10-/m0/s1. The minimum atomic E-state index is -0.287. The number of aliphatic hydroxyl groups excluding tert-OH is 1. The van der Waals surface area contributed by atoms with Crippen LogP contribution in [0.25, 0.3) is 11.0 Å². The van der Waals surface area contributed by atoms with E-state index in [1.54, 1.807) is 26.2 Å². The molecule has 0 fully saturated rings. The van der Waals surface area contributed by atoms with Crippen molar-refractivity contribution in [3.05, 3.63) is 32.7 Å². The van der Waals surface area contributed by atoms with Gasteiger partial charge in [0.05, 0.1) is 29.2 Å². The summed E-state index contributed by atoms with van der Waals surface area (Å²) in [5.41, 5.74) is 1.75. The first-order valence-electron chi connectivity index (χ1n) is 7.53. The molecule has 0 saturated carbocycles. The number of hydrogen-bond donors (Lipinski definition) is 2. The lowest BCUT2D eigenvalue weighted by atomic mass is 10.0. The van der Waals surface area contributed by atoms with Crippen LogP contribution in [0.3, 0.4) is 0 Å². The maximum Gasteiger partial charge on any atom is 0.328 e. The van der Waals surface area contributed by atoms with Crippen molar-refractivity contribution in [2.75, 3.05) is 6.61 Å². The van der Waals surface area contributed by atoms with Crippen LogP contribution < -0.4 is 11.0 Å². The van der Waals surface area contributed by atoms with Crippen molar-refractivity contribution in [1.29, 1.82) is 0 Å². The SMILES string of the molecule is CC(C)C[C@@H](CO)NC(=O)c1cc2c(cc1Br)n(C)c(=O)n2C. The number of carbonyl (C=O) groups excluding carboxylic acids is 1. The van der Waals surface area contributed by atoms with Crippen LogP contribution in [-0.2, 0) is 14.1 Å². The van der Waals surface area contributed by atoms with Gasteiger partial charge in [-0.25, -0.2) is 4.79 Å². The van der Waals surface area contributed by atoms with Gasteiger partial charge in [0, 0.05) is 18.6 Å². The van der Waals surface area contributed by atoms with Crippen LogP contribution in [0.4, 0.5) is 0 Å². The van der Waals surface area contributed by atoms with Crippen LogP contribution in [0.1, 0.15) is 30.6 Å². The second-order valence-electron chi connectivity index (χ2n) is 6.20. The van der Waals surface area contributed by atoms with E-state index in [0.717, 1.165) is 5.52 Å². The second kappa shape index (κ2) is 6.88. The summed E-state index contributed by atoms with van der Waals surface area (Å²) in [5, 5.41) is 12.3. The molecule has 1 atom stereocenters. The Morgan fingerprint density at radius 2 is 1.83 bits per heavy atom. The fraction of sp³-hybridized carbons (Fsp3) is 0.500. The first kappa shape index (κ1) is 17.7. The van der Waals surface area contributed by atoms with Gasteiger partial charge in [0.2, 0.25) is 0 Å². The third-order valence-electron chi connectivity index (χ3n) is 3.92. The fourth-order valence-corrected chi connectivity index (χ4v) is 3.22. The van der Waals surface area contributed by atoms with Gasteiger partial charge < -0.3 is 10.4 Å². The number of nitrogens with zero attached hydrogens (tertiary/aromatic N) is 2. The highest BCUT2D eigenvalue weighted by molar-refractivity contribution is 9.10. The Bertz CT molecular complexity index is 792. The summed E-state index contributed by atoms with van der Waals surface area (Å²) in [6.45, 7) is 3.97. The lowest BCUT2D eigenvalue weighted by Gasteiger charge is -2.18. The first-order valence-corrected chi connectivity index (χ1v) is 8.32. The summed E-state index contributed by atoms with van der Waals surface area (Å²) in [4.78, 5) is 24.5. The number of aryl methyl sites for hydroxylation is 2. The van der Waals surface area contributed by atoms with Crippen molar-refractivity contribution in [1.82, 2.24) is 14.5 Å². The molecule has 23 heavy (non-hydrogen) atoms. The van der Waals surface area contributed by atoms with E-state index >= 15 is 0 Å². The summed E-state index contributed by atoms with van der Waals surface area (Å²) < 4.78 is 3.66. The molecule has 2 aromatic rings. The highest BCUT2D eigenvalue weighted by Gasteiger charge is 2.19. The van der Waals surface area contributed by atoms with Crippen molar-refractivity contribution in [2.45, 2.75) is 26.3 Å². The lowest BCUT2D eigenvalue weighted by Crippen LogP contribution is -2.38. The van der Waals surface area contributed by atoms with E-state index < -0.39 is 0 Å². The van der Waals surface area contributed by atoms with Gasteiger partial charge in [-0.2, -0.15) is 0 Å². The first-order chi connectivity index (χ1) is 10.8. The number of imidazole rings is 1. The number of aliphatic hydroxyl groups is 1. The van der Waals surface area contributed by atoms with Gasteiger partial charge in [0.1, 0.15) is 0 Å². The van der Waals surface area contributed by atoms with Gasteiger partial charge in [-0.1, -0.05) is 13.8 Å². The summed E-state index contributed by atoms with van der Waals surface area (Å²) in [7, 11) is 3.37. The van der Waals surface area contributed by atoms with Crippen molar-refractivity contribution in [3.8, 4) is 0 Å². The number of hydrogen-bond acceptors (Lipinski definition) is 3. The van der Waals surface area contributed by atoms with Crippen LogP contribution >= 0.6 is 15.9 Å². The molecule has 1 amide bonds. The smallest absolute Gasteiger partial charge is 0.328 e. The Morgan fingerprint density at radius 3 is 2.35 bits per heavy atom. The monoisotopic (exact) mass is 383 g/mol. The highest BCUT2D eigenvalue weighted by Crippen LogP contribution is 2.24. The van der Waals surface area contributed by atoms with Crippen molar-refractivity contribution in [2.24, 2.45) is 20.0 Å². The number of nitrogens with one attached hydrogen (secondary N) is 1. The predicted octanol–water partition coefficient (Wildman–Crippen LogP) is 1.78. The van der Waals surface area contributed by atoms with E-state index in [1.165, 1.54) is 9.13 Å². The number of aromatic nitrogens is 2. The van der Waals surface area contributed by atoms with E-state index in [0.29, 0.717) is 27.9 Å². The molecule has 6 nitrogen and oxygen atoms in total. The fourth-order valence-electron chi connectivity index (χ4n) is 2.71. The van der Waals surface area contributed by atoms with E-state index in [9.17, 15) is 14.7 Å². The molecule has 0 aliphatic rings. The molecule has 0 radical (unpaired) electrons. The molecule has 7 heteroatoms. The Kier molecular flexibility index (Phi) is 5.31. The van der Waals surface area contributed by atoms with E-state index in [4.69, 9.17) is 0 Å². The molecule has 2 rings (SSSR count). The van der Waals surface area contributed by atoms with Crippen LogP contribution in [0, 0.1) is 5.92 Å². The van der Waals surface area contributed by atoms with Crippen molar-refractivity contribution >= 4 is 32.9 Å². The maximum absolute atomic E-state index is 12.5.